The molecule has 1 saturated carbocycles. The van der Waals surface area contributed by atoms with E-state index in [0.717, 1.165) is 36.8 Å². The number of hydrogen-bond donors (Lipinski definition) is 2. The molecule has 0 spiro atoms. The van der Waals surface area contributed by atoms with Crippen molar-refractivity contribution in [2.45, 2.75) is 51.4 Å². The van der Waals surface area contributed by atoms with Crippen molar-refractivity contribution in [2.24, 2.45) is 17.3 Å². The fraction of sp³-hybridized carbons (Fsp3) is 0.632. The maximum atomic E-state index is 12.3. The summed E-state index contributed by atoms with van der Waals surface area (Å²) in [6.45, 7) is 4.17. The zero-order valence-electron chi connectivity index (χ0n) is 13.8. The maximum absolute atomic E-state index is 12.3. The number of carbonyl (C=O) groups excluding carboxylic acids is 1. The summed E-state index contributed by atoms with van der Waals surface area (Å²) in [5, 5.41) is 20.5. The number of Topliss-reactive ketones (excluding diaryl/α,β-unsaturated/α-hetero) is 1. The molecule has 1 heterocycles. The molecule has 1 fully saturated rings. The van der Waals surface area contributed by atoms with Crippen molar-refractivity contribution in [2.75, 3.05) is 6.61 Å². The van der Waals surface area contributed by atoms with E-state index in [1.54, 1.807) is 12.5 Å². The number of hydrogen-bond acceptors (Lipinski definition) is 4. The fourth-order valence-electron chi connectivity index (χ4n) is 6.01. The molecule has 124 valence electrons. The summed E-state index contributed by atoms with van der Waals surface area (Å²) in [5.74, 6) is 0.283. The van der Waals surface area contributed by atoms with Crippen LogP contribution in [0.25, 0.3) is 0 Å². The van der Waals surface area contributed by atoms with E-state index < -0.39 is 0 Å². The largest absolute Gasteiger partial charge is 0.504 e. The van der Waals surface area contributed by atoms with Crippen LogP contribution in [0.2, 0.25) is 0 Å². The second kappa shape index (κ2) is 4.73. The number of fused-ring (bicyclic) bond motifs is 5. The van der Waals surface area contributed by atoms with Gasteiger partial charge in [-0.1, -0.05) is 6.92 Å². The van der Waals surface area contributed by atoms with E-state index in [-0.39, 0.29) is 40.8 Å². The van der Waals surface area contributed by atoms with Gasteiger partial charge in [0.2, 0.25) is 0 Å². The van der Waals surface area contributed by atoms with Crippen LogP contribution in [0.3, 0.4) is 0 Å². The lowest BCUT2D eigenvalue weighted by atomic mass is 9.44. The first-order valence-electron chi connectivity index (χ1n) is 8.53. The van der Waals surface area contributed by atoms with E-state index in [2.05, 4.69) is 6.92 Å². The molecule has 4 rings (SSSR count). The van der Waals surface area contributed by atoms with Crippen LogP contribution >= 0.6 is 0 Å². The monoisotopic (exact) mass is 316 g/mol. The van der Waals surface area contributed by atoms with Gasteiger partial charge >= 0.3 is 0 Å². The number of rotatable bonds is 1. The predicted molar refractivity (Wildman–Crippen MR) is 85.1 cm³/mol. The Balaban J connectivity index is 1.86. The topological polar surface area (TPSA) is 70.7 Å². The van der Waals surface area contributed by atoms with Crippen LogP contribution in [-0.2, 0) is 16.6 Å². The van der Waals surface area contributed by atoms with Crippen LogP contribution in [0.1, 0.15) is 50.7 Å². The highest BCUT2D eigenvalue weighted by Crippen LogP contribution is 2.63. The van der Waals surface area contributed by atoms with Crippen LogP contribution in [0, 0.1) is 17.3 Å². The van der Waals surface area contributed by atoms with Crippen molar-refractivity contribution in [3.8, 4) is 0 Å². The van der Waals surface area contributed by atoms with Crippen molar-refractivity contribution >= 4 is 5.78 Å². The Morgan fingerprint density at radius 1 is 1.35 bits per heavy atom. The number of carbonyl (C=O) groups is 1. The Hall–Kier alpha value is -1.55. The highest BCUT2D eigenvalue weighted by atomic mass is 16.3. The summed E-state index contributed by atoms with van der Waals surface area (Å²) < 4.78 is 5.44. The van der Waals surface area contributed by atoms with Gasteiger partial charge < -0.3 is 14.6 Å². The second-order valence-corrected chi connectivity index (χ2v) is 7.94. The summed E-state index contributed by atoms with van der Waals surface area (Å²) in [6.07, 6.45) is 7.64. The van der Waals surface area contributed by atoms with Gasteiger partial charge in [-0.05, 0) is 61.0 Å². The smallest absolute Gasteiger partial charge is 0.197 e. The first-order chi connectivity index (χ1) is 10.9. The summed E-state index contributed by atoms with van der Waals surface area (Å²) in [6, 6.07) is 0. The van der Waals surface area contributed by atoms with Gasteiger partial charge in [-0.3, -0.25) is 4.79 Å². The van der Waals surface area contributed by atoms with Crippen LogP contribution in [0.15, 0.2) is 28.3 Å². The Morgan fingerprint density at radius 3 is 2.87 bits per heavy atom. The van der Waals surface area contributed by atoms with Gasteiger partial charge in [0.15, 0.2) is 11.5 Å². The van der Waals surface area contributed by atoms with Crippen molar-refractivity contribution in [3.05, 3.63) is 35.0 Å². The molecule has 0 radical (unpaired) electrons. The molecule has 4 unspecified atom stereocenters. The number of aliphatic hydroxyl groups is 2. The lowest BCUT2D eigenvalue weighted by Crippen LogP contribution is -2.57. The van der Waals surface area contributed by atoms with Crippen LogP contribution in [-0.4, -0.2) is 22.6 Å². The molecular formula is C19H24O4. The summed E-state index contributed by atoms with van der Waals surface area (Å²) in [7, 11) is 0. The second-order valence-electron chi connectivity index (χ2n) is 7.94. The molecule has 4 atom stereocenters. The minimum Gasteiger partial charge on any atom is -0.504 e. The number of aryl methyl sites for hydroxylation is 1. The third-order valence-electron chi connectivity index (χ3n) is 7.10. The fourth-order valence-corrected chi connectivity index (χ4v) is 6.01. The lowest BCUT2D eigenvalue weighted by molar-refractivity contribution is -0.129. The van der Waals surface area contributed by atoms with Gasteiger partial charge in [0, 0.05) is 17.4 Å². The average molecular weight is 316 g/mol. The van der Waals surface area contributed by atoms with Crippen LogP contribution in [0.4, 0.5) is 0 Å². The predicted octanol–water partition coefficient (Wildman–Crippen LogP) is 3.29. The highest BCUT2D eigenvalue weighted by Gasteiger charge is 2.60. The summed E-state index contributed by atoms with van der Waals surface area (Å²) in [4.78, 5) is 12.3. The van der Waals surface area contributed by atoms with Crippen LogP contribution in [0.5, 0.6) is 0 Å². The van der Waals surface area contributed by atoms with Crippen molar-refractivity contribution in [1.82, 2.24) is 0 Å². The molecule has 3 aliphatic carbocycles. The molecule has 2 N–H and O–H groups in total. The van der Waals surface area contributed by atoms with Gasteiger partial charge in [-0.25, -0.2) is 0 Å². The van der Waals surface area contributed by atoms with Gasteiger partial charge in [-0.15, -0.1) is 0 Å². The van der Waals surface area contributed by atoms with Gasteiger partial charge in [0.25, 0.3) is 0 Å². The number of allylic oxidation sites excluding steroid dienone is 2. The third kappa shape index (κ3) is 1.73. The van der Waals surface area contributed by atoms with Gasteiger partial charge in [0.05, 0.1) is 19.1 Å². The van der Waals surface area contributed by atoms with E-state index in [4.69, 9.17) is 4.42 Å². The minimum atomic E-state index is -0.306. The minimum absolute atomic E-state index is 0.0243. The van der Waals surface area contributed by atoms with Crippen molar-refractivity contribution < 1.29 is 19.4 Å². The Morgan fingerprint density at radius 2 is 2.13 bits per heavy atom. The highest BCUT2D eigenvalue weighted by molar-refractivity contribution is 5.95. The zero-order valence-corrected chi connectivity index (χ0v) is 13.8. The zero-order chi connectivity index (χ0) is 16.4. The maximum Gasteiger partial charge on any atom is 0.197 e. The molecule has 3 aliphatic rings. The molecule has 0 aromatic carbocycles. The number of aliphatic hydroxyl groups excluding tert-OH is 2. The molecule has 1 aromatic heterocycles. The first kappa shape index (κ1) is 15.0. The SMILES string of the molecule is CC1=C(O)C(=O)CC2(C)C1CCC1(CO)c3cocc3CCC12. The average Bonchev–Trinajstić information content (AvgIpc) is 3.01. The molecule has 1 aromatic rings. The summed E-state index contributed by atoms with van der Waals surface area (Å²) >= 11 is 0. The van der Waals surface area contributed by atoms with Crippen molar-refractivity contribution in [3.63, 3.8) is 0 Å². The van der Waals surface area contributed by atoms with E-state index in [9.17, 15) is 15.0 Å². The van der Waals surface area contributed by atoms with Gasteiger partial charge in [-0.2, -0.15) is 0 Å². The molecule has 0 saturated heterocycles. The quantitative estimate of drug-likeness (QED) is 0.834. The molecule has 23 heavy (non-hydrogen) atoms. The van der Waals surface area contributed by atoms with E-state index in [1.807, 2.05) is 6.92 Å². The molecule has 0 bridgehead atoms. The van der Waals surface area contributed by atoms with Crippen LogP contribution < -0.4 is 0 Å². The normalized spacial score (nSPS) is 39.7. The molecular weight excluding hydrogens is 292 g/mol. The van der Waals surface area contributed by atoms with Crippen molar-refractivity contribution in [1.29, 1.82) is 0 Å². The van der Waals surface area contributed by atoms with E-state index in [0.29, 0.717) is 6.42 Å². The molecule has 0 aliphatic heterocycles. The Labute approximate surface area is 136 Å². The molecule has 4 nitrogen and oxygen atoms in total. The summed E-state index contributed by atoms with van der Waals surface area (Å²) in [5.41, 5.74) is 2.67. The van der Waals surface area contributed by atoms with E-state index >= 15 is 0 Å². The van der Waals surface area contributed by atoms with E-state index in [1.165, 1.54) is 5.56 Å². The molecule has 0 amide bonds. The lowest BCUT2D eigenvalue weighted by Gasteiger charge is -2.59. The first-order valence-corrected chi connectivity index (χ1v) is 8.53. The number of furan rings is 1. The molecule has 4 heteroatoms. The van der Waals surface area contributed by atoms with Gasteiger partial charge in [0.1, 0.15) is 0 Å². The standard InChI is InChI=1S/C19H24O4/c1-11-13-5-6-19(10-20)14-9-23-8-12(14)3-4-16(19)18(13,2)7-15(21)17(11)22/h8-9,13,16,20,22H,3-7,10H2,1-2H3. The number of ketones is 1. The Bertz CT molecular complexity index is 700. The third-order valence-corrected chi connectivity index (χ3v) is 7.10. The Kier molecular flexibility index (Phi) is 3.08.